The number of rotatable bonds is 6. The highest BCUT2D eigenvalue weighted by atomic mass is 32.2. The fourth-order valence-corrected chi connectivity index (χ4v) is 4.49. The van der Waals surface area contributed by atoms with Crippen molar-refractivity contribution in [2.75, 3.05) is 4.72 Å². The minimum atomic E-state index is -3.79. The number of fused-ring (bicyclic) bond motifs is 1. The molecule has 2 N–H and O–H groups in total. The maximum absolute atomic E-state index is 12.6. The predicted molar refractivity (Wildman–Crippen MR) is 130 cm³/mol. The molecule has 2 aromatic carbocycles. The van der Waals surface area contributed by atoms with Gasteiger partial charge in [-0.2, -0.15) is 9.77 Å². The van der Waals surface area contributed by atoms with Gasteiger partial charge in [-0.1, -0.05) is 35.6 Å². The predicted octanol–water partition coefficient (Wildman–Crippen LogP) is 4.90. The van der Waals surface area contributed by atoms with Crippen molar-refractivity contribution >= 4 is 44.8 Å². The molecule has 0 unspecified atom stereocenters. The largest absolute Gasteiger partial charge is 0.285 e. The maximum atomic E-state index is 12.6. The molecule has 0 atom stereocenters. The molecule has 0 fully saturated rings. The number of anilines is 1. The first-order valence-electron chi connectivity index (χ1n) is 9.98. The van der Waals surface area contributed by atoms with Gasteiger partial charge in [0.25, 0.3) is 10.0 Å². The summed E-state index contributed by atoms with van der Waals surface area (Å²) >= 11 is 5.63. The van der Waals surface area contributed by atoms with E-state index in [4.69, 9.17) is 12.2 Å². The van der Waals surface area contributed by atoms with E-state index in [9.17, 15) is 8.42 Å². The lowest BCUT2D eigenvalue weighted by atomic mass is 10.2. The summed E-state index contributed by atoms with van der Waals surface area (Å²) in [6.45, 7) is 0. The first-order chi connectivity index (χ1) is 16.5. The standard InChI is InChI=1S/C22H16N8O2S2/c31-34(32,28-20-7-3-4-12-23-20)17-10-8-16(9-11-17)27-29-30-19-6-2-1-5-18(19)26-21(22(30)33)15-13-24-25-14-15/h1-14H,(H,23,28)(H,24,25). The van der Waals surface area contributed by atoms with Gasteiger partial charge in [0, 0.05) is 18.0 Å². The number of pyridine rings is 1. The number of aromatic nitrogens is 5. The first-order valence-corrected chi connectivity index (χ1v) is 11.9. The number of para-hydroxylation sites is 2. The number of hydrogen-bond acceptors (Lipinski definition) is 8. The molecule has 0 bridgehead atoms. The van der Waals surface area contributed by atoms with Gasteiger partial charge in [0.05, 0.1) is 27.8 Å². The molecule has 0 saturated carbocycles. The molecule has 0 saturated heterocycles. The second kappa shape index (κ2) is 8.92. The fourth-order valence-electron chi connectivity index (χ4n) is 3.18. The SMILES string of the molecule is O=S(=O)(Nc1ccccn1)c1ccc(N=Nn2c(=S)c(-c3cn[nH]c3)nc3ccccc32)cc1. The van der Waals surface area contributed by atoms with Crippen molar-refractivity contribution in [3.63, 3.8) is 0 Å². The Labute approximate surface area is 199 Å². The number of benzene rings is 2. The van der Waals surface area contributed by atoms with Gasteiger partial charge in [-0.05, 0) is 48.5 Å². The van der Waals surface area contributed by atoms with Crippen molar-refractivity contribution in [3.8, 4) is 11.3 Å². The summed E-state index contributed by atoms with van der Waals surface area (Å²) in [5.74, 6) is 0.235. The highest BCUT2D eigenvalue weighted by Crippen LogP contribution is 2.24. The van der Waals surface area contributed by atoms with E-state index < -0.39 is 10.0 Å². The molecule has 3 aromatic heterocycles. The molecule has 3 heterocycles. The zero-order valence-corrected chi connectivity index (χ0v) is 19.0. The number of hydrogen-bond donors (Lipinski definition) is 2. The van der Waals surface area contributed by atoms with Crippen LogP contribution >= 0.6 is 12.2 Å². The van der Waals surface area contributed by atoms with Crippen LogP contribution in [0.2, 0.25) is 0 Å². The lowest BCUT2D eigenvalue weighted by molar-refractivity contribution is 0.601. The number of nitrogens with one attached hydrogen (secondary N) is 2. The van der Waals surface area contributed by atoms with Gasteiger partial charge >= 0.3 is 0 Å². The van der Waals surface area contributed by atoms with E-state index in [0.29, 0.717) is 27.1 Å². The van der Waals surface area contributed by atoms with Gasteiger partial charge in [0.1, 0.15) is 11.5 Å². The summed E-state index contributed by atoms with van der Waals surface area (Å²) in [6, 6.07) is 18.4. The van der Waals surface area contributed by atoms with Crippen molar-refractivity contribution < 1.29 is 8.42 Å². The van der Waals surface area contributed by atoms with Crippen LogP contribution in [0.5, 0.6) is 0 Å². The Morgan fingerprint density at radius 3 is 2.53 bits per heavy atom. The van der Waals surface area contributed by atoms with Crippen molar-refractivity contribution in [1.29, 1.82) is 0 Å². The first kappa shape index (κ1) is 21.6. The summed E-state index contributed by atoms with van der Waals surface area (Å²) in [5, 5.41) is 15.3. The van der Waals surface area contributed by atoms with E-state index in [2.05, 4.69) is 35.2 Å². The maximum Gasteiger partial charge on any atom is 0.263 e. The van der Waals surface area contributed by atoms with Crippen LogP contribution in [0.4, 0.5) is 11.5 Å². The Balaban J connectivity index is 1.47. The number of nitrogens with zero attached hydrogens (tertiary/aromatic N) is 6. The molecule has 168 valence electrons. The smallest absolute Gasteiger partial charge is 0.263 e. The summed E-state index contributed by atoms with van der Waals surface area (Å²) in [5.41, 5.74) is 3.10. The second-order valence-corrected chi connectivity index (χ2v) is 9.13. The Morgan fingerprint density at radius 1 is 1.00 bits per heavy atom. The van der Waals surface area contributed by atoms with Crippen LogP contribution in [0.1, 0.15) is 0 Å². The number of H-pyrrole nitrogens is 1. The average Bonchev–Trinajstić information content (AvgIpc) is 3.39. The van der Waals surface area contributed by atoms with E-state index in [1.807, 2.05) is 24.3 Å². The minimum absolute atomic E-state index is 0.0744. The molecule has 0 radical (unpaired) electrons. The topological polar surface area (TPSA) is 130 Å². The third-order valence-corrected chi connectivity index (χ3v) is 6.55. The summed E-state index contributed by atoms with van der Waals surface area (Å²) in [4.78, 5) is 8.70. The quantitative estimate of drug-likeness (QED) is 0.258. The van der Waals surface area contributed by atoms with Crippen LogP contribution in [0, 0.1) is 4.64 Å². The normalized spacial score (nSPS) is 11.8. The fraction of sp³-hybridized carbons (Fsp3) is 0. The lowest BCUT2D eigenvalue weighted by Crippen LogP contribution is -2.13. The highest BCUT2D eigenvalue weighted by Gasteiger charge is 2.15. The highest BCUT2D eigenvalue weighted by molar-refractivity contribution is 7.92. The van der Waals surface area contributed by atoms with Crippen molar-refractivity contribution in [2.24, 2.45) is 10.3 Å². The van der Waals surface area contributed by atoms with E-state index in [0.717, 1.165) is 5.56 Å². The van der Waals surface area contributed by atoms with Crippen molar-refractivity contribution in [1.82, 2.24) is 24.8 Å². The molecule has 10 nitrogen and oxygen atoms in total. The van der Waals surface area contributed by atoms with E-state index >= 15 is 0 Å². The van der Waals surface area contributed by atoms with E-state index in [-0.39, 0.29) is 10.7 Å². The zero-order chi connectivity index (χ0) is 23.5. The molecule has 0 aliphatic carbocycles. The molecule has 0 aliphatic heterocycles. The molecule has 0 amide bonds. The van der Waals surface area contributed by atoms with Crippen LogP contribution < -0.4 is 4.72 Å². The molecule has 0 spiro atoms. The molecule has 12 heteroatoms. The van der Waals surface area contributed by atoms with E-state index in [1.165, 1.54) is 23.0 Å². The second-order valence-electron chi connectivity index (χ2n) is 7.06. The van der Waals surface area contributed by atoms with Crippen LogP contribution in [-0.2, 0) is 10.0 Å². The van der Waals surface area contributed by atoms with Gasteiger partial charge in [0.15, 0.2) is 4.64 Å². The van der Waals surface area contributed by atoms with Gasteiger partial charge in [-0.3, -0.25) is 9.82 Å². The Hall–Kier alpha value is -4.29. The third-order valence-electron chi connectivity index (χ3n) is 4.81. The molecule has 0 aliphatic rings. The van der Waals surface area contributed by atoms with Gasteiger partial charge in [-0.15, -0.1) is 5.11 Å². The molecular weight excluding hydrogens is 472 g/mol. The molecule has 5 rings (SSSR count). The van der Waals surface area contributed by atoms with Gasteiger partial charge < -0.3 is 0 Å². The van der Waals surface area contributed by atoms with Crippen LogP contribution in [0.15, 0.2) is 101 Å². The van der Waals surface area contributed by atoms with Crippen LogP contribution in [-0.4, -0.2) is 33.3 Å². The summed E-state index contributed by atoms with van der Waals surface area (Å²) in [7, 11) is -3.79. The summed E-state index contributed by atoms with van der Waals surface area (Å²) < 4.78 is 29.5. The van der Waals surface area contributed by atoms with Gasteiger partial charge in [0.2, 0.25) is 0 Å². The lowest BCUT2D eigenvalue weighted by Gasteiger charge is -2.08. The van der Waals surface area contributed by atoms with Crippen LogP contribution in [0.3, 0.4) is 0 Å². The minimum Gasteiger partial charge on any atom is -0.285 e. The van der Waals surface area contributed by atoms with Crippen molar-refractivity contribution in [3.05, 3.63) is 90.0 Å². The monoisotopic (exact) mass is 488 g/mol. The number of aromatic amines is 1. The molecule has 5 aromatic rings. The van der Waals surface area contributed by atoms with Crippen LogP contribution in [0.25, 0.3) is 22.3 Å². The molecule has 34 heavy (non-hydrogen) atoms. The van der Waals surface area contributed by atoms with Crippen molar-refractivity contribution in [2.45, 2.75) is 4.90 Å². The Bertz CT molecular complexity index is 1650. The van der Waals surface area contributed by atoms with E-state index in [1.54, 1.807) is 42.7 Å². The molecular formula is C22H16N8O2S2. The average molecular weight is 489 g/mol. The number of sulfonamides is 1. The Morgan fingerprint density at radius 2 is 1.79 bits per heavy atom. The summed E-state index contributed by atoms with van der Waals surface area (Å²) in [6.07, 6.45) is 4.84. The Kier molecular flexibility index (Phi) is 5.65. The third kappa shape index (κ3) is 4.31. The zero-order valence-electron chi connectivity index (χ0n) is 17.4. The van der Waals surface area contributed by atoms with Gasteiger partial charge in [-0.25, -0.2) is 18.4 Å².